The first kappa shape index (κ1) is 11.0. The van der Waals surface area contributed by atoms with Gasteiger partial charge in [-0.3, -0.25) is 4.99 Å². The van der Waals surface area contributed by atoms with Gasteiger partial charge in [-0.1, -0.05) is 42.5 Å². The third kappa shape index (κ3) is 2.28. The van der Waals surface area contributed by atoms with Crippen LogP contribution in [0.15, 0.2) is 59.6 Å². The second kappa shape index (κ2) is 5.05. The van der Waals surface area contributed by atoms with Crippen LogP contribution in [0.3, 0.4) is 0 Å². The fourth-order valence-electron chi connectivity index (χ4n) is 2.30. The van der Waals surface area contributed by atoms with Crippen molar-refractivity contribution in [2.24, 2.45) is 4.99 Å². The third-order valence-electron chi connectivity index (χ3n) is 3.27. The highest BCUT2D eigenvalue weighted by molar-refractivity contribution is 5.81. The number of fused-ring (bicyclic) bond motifs is 1. The second-order valence-electron chi connectivity index (χ2n) is 4.48. The number of rotatable bonds is 3. The minimum absolute atomic E-state index is 0.907. The minimum atomic E-state index is 0.907. The van der Waals surface area contributed by atoms with Crippen molar-refractivity contribution in [3.05, 3.63) is 60.2 Å². The summed E-state index contributed by atoms with van der Waals surface area (Å²) in [4.78, 5) is 6.82. The molecule has 1 aliphatic heterocycles. The third-order valence-corrected chi connectivity index (χ3v) is 3.27. The zero-order chi connectivity index (χ0) is 12.2. The Morgan fingerprint density at radius 1 is 0.944 bits per heavy atom. The van der Waals surface area contributed by atoms with Gasteiger partial charge in [-0.15, -0.1) is 0 Å². The van der Waals surface area contributed by atoms with E-state index in [0.29, 0.717) is 0 Å². The number of nitrogens with zero attached hydrogens (tertiary/aromatic N) is 2. The van der Waals surface area contributed by atoms with Gasteiger partial charge in [0.2, 0.25) is 0 Å². The molecule has 2 aromatic rings. The predicted octanol–water partition coefficient (Wildman–Crippen LogP) is 3.45. The summed E-state index contributed by atoms with van der Waals surface area (Å²) in [6.45, 7) is 1.94. The van der Waals surface area contributed by atoms with Crippen molar-refractivity contribution < 1.29 is 0 Å². The number of benzene rings is 2. The van der Waals surface area contributed by atoms with E-state index < -0.39 is 0 Å². The van der Waals surface area contributed by atoms with Crippen LogP contribution in [0.5, 0.6) is 0 Å². The molecule has 1 heterocycles. The highest BCUT2D eigenvalue weighted by Gasteiger charge is 2.12. The maximum atomic E-state index is 4.43. The van der Waals surface area contributed by atoms with Crippen LogP contribution in [0.1, 0.15) is 5.56 Å². The van der Waals surface area contributed by atoms with Crippen LogP contribution in [0.25, 0.3) is 0 Å². The van der Waals surface area contributed by atoms with Gasteiger partial charge in [0.25, 0.3) is 0 Å². The molecule has 2 nitrogen and oxygen atoms in total. The number of para-hydroxylation sites is 2. The van der Waals surface area contributed by atoms with Crippen molar-refractivity contribution in [1.29, 1.82) is 0 Å². The highest BCUT2D eigenvalue weighted by Crippen LogP contribution is 2.30. The summed E-state index contributed by atoms with van der Waals surface area (Å²) >= 11 is 0. The summed E-state index contributed by atoms with van der Waals surface area (Å²) in [6.07, 6.45) is 3.07. The van der Waals surface area contributed by atoms with Gasteiger partial charge in [-0.05, 0) is 24.1 Å². The van der Waals surface area contributed by atoms with Crippen molar-refractivity contribution in [2.45, 2.75) is 6.42 Å². The molecule has 0 saturated carbocycles. The summed E-state index contributed by atoms with van der Waals surface area (Å²) in [6, 6.07) is 19.0. The van der Waals surface area contributed by atoms with Crippen molar-refractivity contribution in [2.75, 3.05) is 18.0 Å². The van der Waals surface area contributed by atoms with Crippen LogP contribution in [0, 0.1) is 0 Å². The molecule has 0 aromatic heterocycles. The summed E-state index contributed by atoms with van der Waals surface area (Å²) < 4.78 is 0. The molecule has 1 aliphatic rings. The van der Waals surface area contributed by atoms with E-state index in [4.69, 9.17) is 0 Å². The van der Waals surface area contributed by atoms with Crippen LogP contribution in [-0.4, -0.2) is 19.3 Å². The average Bonchev–Trinajstić information content (AvgIpc) is 2.46. The van der Waals surface area contributed by atoms with Gasteiger partial charge in [0, 0.05) is 12.8 Å². The van der Waals surface area contributed by atoms with Gasteiger partial charge in [0.05, 0.1) is 17.9 Å². The smallest absolute Gasteiger partial charge is 0.0860 e. The van der Waals surface area contributed by atoms with E-state index in [1.165, 1.54) is 11.3 Å². The Hall–Kier alpha value is -2.09. The summed E-state index contributed by atoms with van der Waals surface area (Å²) in [5, 5.41) is 0. The van der Waals surface area contributed by atoms with Crippen molar-refractivity contribution in [1.82, 2.24) is 0 Å². The van der Waals surface area contributed by atoms with Crippen LogP contribution in [-0.2, 0) is 6.42 Å². The molecule has 3 rings (SSSR count). The van der Waals surface area contributed by atoms with E-state index in [-0.39, 0.29) is 0 Å². The fourth-order valence-corrected chi connectivity index (χ4v) is 2.30. The summed E-state index contributed by atoms with van der Waals surface area (Å²) in [5.41, 5.74) is 3.71. The normalized spacial score (nSPS) is 13.4. The minimum Gasteiger partial charge on any atom is -0.364 e. The van der Waals surface area contributed by atoms with Gasteiger partial charge in [-0.2, -0.15) is 0 Å². The molecular formula is C16H16N2. The monoisotopic (exact) mass is 236 g/mol. The van der Waals surface area contributed by atoms with E-state index in [0.717, 1.165) is 25.2 Å². The van der Waals surface area contributed by atoms with Gasteiger partial charge in [0.15, 0.2) is 0 Å². The van der Waals surface area contributed by atoms with Crippen LogP contribution < -0.4 is 4.90 Å². The molecule has 0 radical (unpaired) electrons. The number of anilines is 1. The lowest BCUT2D eigenvalue weighted by Gasteiger charge is -2.27. The molecule has 2 heteroatoms. The van der Waals surface area contributed by atoms with E-state index in [1.54, 1.807) is 0 Å². The Kier molecular flexibility index (Phi) is 3.09. The molecule has 0 atom stereocenters. The highest BCUT2D eigenvalue weighted by atomic mass is 15.2. The van der Waals surface area contributed by atoms with Gasteiger partial charge in [-0.25, -0.2) is 0 Å². The molecule has 0 spiro atoms. The number of aliphatic imine (C=N–C) groups is 1. The van der Waals surface area contributed by atoms with E-state index in [1.807, 2.05) is 12.3 Å². The van der Waals surface area contributed by atoms with Crippen molar-refractivity contribution >= 4 is 17.6 Å². The van der Waals surface area contributed by atoms with Gasteiger partial charge in [0.1, 0.15) is 0 Å². The van der Waals surface area contributed by atoms with Crippen LogP contribution in [0.4, 0.5) is 11.4 Å². The average molecular weight is 236 g/mol. The number of hydrogen-bond acceptors (Lipinski definition) is 2. The Morgan fingerprint density at radius 3 is 2.61 bits per heavy atom. The molecular weight excluding hydrogens is 220 g/mol. The zero-order valence-corrected chi connectivity index (χ0v) is 10.3. The Labute approximate surface area is 108 Å². The number of hydrogen-bond donors (Lipinski definition) is 0. The summed E-state index contributed by atoms with van der Waals surface area (Å²) in [5.74, 6) is 0. The SMILES string of the molecule is C1=Nc2ccccc2N(CCc2ccccc2)C1. The molecule has 0 saturated heterocycles. The molecule has 0 fully saturated rings. The predicted molar refractivity (Wildman–Crippen MR) is 77.0 cm³/mol. The van der Waals surface area contributed by atoms with Crippen molar-refractivity contribution in [3.8, 4) is 0 Å². The molecule has 0 bridgehead atoms. The van der Waals surface area contributed by atoms with Gasteiger partial charge >= 0.3 is 0 Å². The molecule has 2 aromatic carbocycles. The van der Waals surface area contributed by atoms with E-state index >= 15 is 0 Å². The molecule has 0 aliphatic carbocycles. The first-order valence-corrected chi connectivity index (χ1v) is 6.34. The Bertz CT molecular complexity index is 546. The van der Waals surface area contributed by atoms with Crippen molar-refractivity contribution in [3.63, 3.8) is 0 Å². The maximum Gasteiger partial charge on any atom is 0.0860 e. The van der Waals surface area contributed by atoms with Gasteiger partial charge < -0.3 is 4.90 Å². The lowest BCUT2D eigenvalue weighted by Crippen LogP contribution is -2.29. The molecule has 0 amide bonds. The topological polar surface area (TPSA) is 15.6 Å². The maximum absolute atomic E-state index is 4.43. The van der Waals surface area contributed by atoms with E-state index in [2.05, 4.69) is 58.4 Å². The van der Waals surface area contributed by atoms with E-state index in [9.17, 15) is 0 Å². The molecule has 0 N–H and O–H groups in total. The second-order valence-corrected chi connectivity index (χ2v) is 4.48. The molecule has 90 valence electrons. The lowest BCUT2D eigenvalue weighted by atomic mass is 10.1. The Morgan fingerprint density at radius 2 is 1.72 bits per heavy atom. The quantitative estimate of drug-likeness (QED) is 0.797. The standard InChI is InChI=1S/C16H16N2/c1-2-6-14(7-3-1)10-12-18-13-11-17-15-8-4-5-9-16(15)18/h1-9,11H,10,12-13H2. The van der Waals surface area contributed by atoms with Crippen LogP contribution >= 0.6 is 0 Å². The molecule has 0 unspecified atom stereocenters. The largest absolute Gasteiger partial charge is 0.364 e. The Balaban J connectivity index is 1.73. The first-order valence-electron chi connectivity index (χ1n) is 6.34. The summed E-state index contributed by atoms with van der Waals surface area (Å²) in [7, 11) is 0. The fraction of sp³-hybridized carbons (Fsp3) is 0.188. The lowest BCUT2D eigenvalue weighted by molar-refractivity contribution is 0.847. The first-order chi connectivity index (χ1) is 8.93. The molecule has 18 heavy (non-hydrogen) atoms. The zero-order valence-electron chi connectivity index (χ0n) is 10.3. The van der Waals surface area contributed by atoms with Crippen LogP contribution in [0.2, 0.25) is 0 Å².